The standard InChI is InChI=1S/C58H111N2O6P/c1-6-8-10-12-14-16-18-20-22-24-25-26-27-28-29-30-31-32-33-34-36-37-39-41-43-45-47-49-51-57(61)56(55-66-67(63,64)65-54-53-60(3,4)5)59-58(62)52-50-48-46-44-42-40-38-35-23-21-19-17-15-13-11-9-7-2/h21,23,34,36,41,43,49,51,56-57,61H,6-20,22,24-33,35,37-40,42,44-48,50,52-55H2,1-5H3,(H-,59,62,63,64)/p+1/b23-21-,36-34+,43-41+,51-49+. The first-order chi connectivity index (χ1) is 32.5. The Balaban J connectivity index is 4.27. The van der Waals surface area contributed by atoms with Crippen molar-refractivity contribution >= 4 is 13.7 Å². The highest BCUT2D eigenvalue weighted by molar-refractivity contribution is 7.47. The molecule has 0 aromatic heterocycles. The molecule has 0 heterocycles. The fourth-order valence-electron chi connectivity index (χ4n) is 8.25. The van der Waals surface area contributed by atoms with Crippen LogP contribution in [0.2, 0.25) is 0 Å². The van der Waals surface area contributed by atoms with Crippen molar-refractivity contribution in [2.75, 3.05) is 40.9 Å². The van der Waals surface area contributed by atoms with Crippen LogP contribution in [-0.4, -0.2) is 73.4 Å². The number of carbonyl (C=O) groups excluding carboxylic acids is 1. The third kappa shape index (κ3) is 52.1. The Morgan fingerprint density at radius 3 is 1.19 bits per heavy atom. The number of unbranched alkanes of at least 4 members (excludes halogenated alkanes) is 33. The van der Waals surface area contributed by atoms with Crippen molar-refractivity contribution in [3.63, 3.8) is 0 Å². The van der Waals surface area contributed by atoms with E-state index >= 15 is 0 Å². The van der Waals surface area contributed by atoms with E-state index in [9.17, 15) is 19.4 Å². The number of nitrogens with one attached hydrogen (secondary N) is 1. The molecule has 0 aliphatic rings. The van der Waals surface area contributed by atoms with Crippen LogP contribution in [0, 0.1) is 0 Å². The van der Waals surface area contributed by atoms with Crippen LogP contribution in [0.1, 0.15) is 264 Å². The normalized spacial score (nSPS) is 14.3. The van der Waals surface area contributed by atoms with Gasteiger partial charge in [0, 0.05) is 6.42 Å². The van der Waals surface area contributed by atoms with Gasteiger partial charge in [0.25, 0.3) is 0 Å². The number of carbonyl (C=O) groups is 1. The van der Waals surface area contributed by atoms with Gasteiger partial charge in [-0.15, -0.1) is 0 Å². The van der Waals surface area contributed by atoms with Gasteiger partial charge in [0.05, 0.1) is 39.9 Å². The van der Waals surface area contributed by atoms with E-state index in [0.29, 0.717) is 17.4 Å². The summed E-state index contributed by atoms with van der Waals surface area (Å²) >= 11 is 0. The lowest BCUT2D eigenvalue weighted by atomic mass is 10.0. The van der Waals surface area contributed by atoms with E-state index < -0.39 is 20.0 Å². The molecule has 0 rings (SSSR count). The zero-order valence-corrected chi connectivity index (χ0v) is 45.8. The molecule has 9 heteroatoms. The molecule has 0 bridgehead atoms. The minimum Gasteiger partial charge on any atom is -0.387 e. The third-order valence-corrected chi connectivity index (χ3v) is 13.7. The Morgan fingerprint density at radius 2 is 0.821 bits per heavy atom. The van der Waals surface area contributed by atoms with Gasteiger partial charge in [0.15, 0.2) is 0 Å². The highest BCUT2D eigenvalue weighted by Gasteiger charge is 2.27. The molecule has 8 nitrogen and oxygen atoms in total. The fourth-order valence-corrected chi connectivity index (χ4v) is 8.98. The second-order valence-electron chi connectivity index (χ2n) is 20.6. The van der Waals surface area contributed by atoms with Crippen LogP contribution in [-0.2, 0) is 18.4 Å². The lowest BCUT2D eigenvalue weighted by molar-refractivity contribution is -0.870. The van der Waals surface area contributed by atoms with Crippen LogP contribution in [0.3, 0.4) is 0 Å². The van der Waals surface area contributed by atoms with Crippen molar-refractivity contribution in [2.24, 2.45) is 0 Å². The highest BCUT2D eigenvalue weighted by Crippen LogP contribution is 2.43. The summed E-state index contributed by atoms with van der Waals surface area (Å²) in [5.74, 6) is -0.195. The van der Waals surface area contributed by atoms with Crippen LogP contribution in [0.4, 0.5) is 0 Å². The Hall–Kier alpha value is -1.54. The van der Waals surface area contributed by atoms with Gasteiger partial charge in [-0.05, 0) is 70.6 Å². The number of aliphatic hydroxyl groups is 1. The quantitative estimate of drug-likeness (QED) is 0.0243. The van der Waals surface area contributed by atoms with Crippen molar-refractivity contribution < 1.29 is 32.9 Å². The molecule has 0 aliphatic heterocycles. The molecule has 3 N–H and O–H groups in total. The fraction of sp³-hybridized carbons (Fsp3) is 0.845. The first-order valence-electron chi connectivity index (χ1n) is 28.5. The Bertz CT molecular complexity index is 1230. The molecule has 3 unspecified atom stereocenters. The molecule has 3 atom stereocenters. The molecule has 67 heavy (non-hydrogen) atoms. The molecule has 1 amide bonds. The zero-order valence-electron chi connectivity index (χ0n) is 44.9. The van der Waals surface area contributed by atoms with Crippen molar-refractivity contribution in [3.05, 3.63) is 48.6 Å². The molecule has 0 saturated carbocycles. The van der Waals surface area contributed by atoms with Crippen LogP contribution < -0.4 is 5.32 Å². The lowest BCUT2D eigenvalue weighted by Crippen LogP contribution is -2.45. The van der Waals surface area contributed by atoms with E-state index in [0.717, 1.165) is 44.9 Å². The van der Waals surface area contributed by atoms with E-state index in [1.54, 1.807) is 6.08 Å². The third-order valence-electron chi connectivity index (χ3n) is 12.7. The Labute approximate surface area is 416 Å². The molecular formula is C58H112N2O6P+. The van der Waals surface area contributed by atoms with E-state index in [2.05, 4.69) is 55.6 Å². The van der Waals surface area contributed by atoms with E-state index in [-0.39, 0.29) is 19.1 Å². The molecule has 0 saturated heterocycles. The Morgan fingerprint density at radius 1 is 0.493 bits per heavy atom. The average molecular weight is 965 g/mol. The van der Waals surface area contributed by atoms with Gasteiger partial charge in [0.2, 0.25) is 5.91 Å². The van der Waals surface area contributed by atoms with E-state index in [4.69, 9.17) is 9.05 Å². The van der Waals surface area contributed by atoms with Gasteiger partial charge in [-0.25, -0.2) is 4.57 Å². The summed E-state index contributed by atoms with van der Waals surface area (Å²) < 4.78 is 23.7. The highest BCUT2D eigenvalue weighted by atomic mass is 31.2. The maximum absolute atomic E-state index is 12.9. The monoisotopic (exact) mass is 964 g/mol. The molecule has 0 aromatic carbocycles. The van der Waals surface area contributed by atoms with E-state index in [1.165, 1.54) is 199 Å². The van der Waals surface area contributed by atoms with Gasteiger partial charge in [-0.2, -0.15) is 0 Å². The largest absolute Gasteiger partial charge is 0.472 e. The number of phosphoric ester groups is 1. The molecule has 0 spiro atoms. The van der Waals surface area contributed by atoms with Gasteiger partial charge in [-0.3, -0.25) is 13.8 Å². The number of likely N-dealkylation sites (N-methyl/N-ethyl adjacent to an activating group) is 1. The number of rotatable bonds is 52. The number of hydrogen-bond donors (Lipinski definition) is 3. The van der Waals surface area contributed by atoms with E-state index in [1.807, 2.05) is 27.2 Å². The summed E-state index contributed by atoms with van der Waals surface area (Å²) in [5, 5.41) is 13.9. The number of amides is 1. The van der Waals surface area contributed by atoms with Crippen molar-refractivity contribution in [1.29, 1.82) is 0 Å². The smallest absolute Gasteiger partial charge is 0.387 e. The second kappa shape index (κ2) is 49.4. The van der Waals surface area contributed by atoms with Crippen LogP contribution in [0.5, 0.6) is 0 Å². The van der Waals surface area contributed by atoms with Gasteiger partial charge in [0.1, 0.15) is 13.2 Å². The molecule has 0 aliphatic carbocycles. The molecular weight excluding hydrogens is 852 g/mol. The van der Waals surface area contributed by atoms with Gasteiger partial charge >= 0.3 is 7.82 Å². The number of hydrogen-bond acceptors (Lipinski definition) is 5. The number of phosphoric acid groups is 1. The maximum Gasteiger partial charge on any atom is 0.472 e. The zero-order chi connectivity index (χ0) is 49.2. The summed E-state index contributed by atoms with van der Waals surface area (Å²) in [4.78, 5) is 23.2. The molecule has 0 radical (unpaired) electrons. The SMILES string of the molecule is CCCCCCCC/C=C\CCCCCCCCCC(=O)NC(COP(=O)(O)OCC[N+](C)(C)C)C(O)/C=C/CC/C=C/CC/C=C/CCCCCCCCCCCCCCCCCCCC. The minimum atomic E-state index is -4.36. The average Bonchev–Trinajstić information content (AvgIpc) is 3.29. The number of aliphatic hydroxyl groups excluding tert-OH is 1. The topological polar surface area (TPSA) is 105 Å². The summed E-state index contributed by atoms with van der Waals surface area (Å²) in [6, 6.07) is -0.873. The molecule has 0 fully saturated rings. The minimum absolute atomic E-state index is 0.0521. The lowest BCUT2D eigenvalue weighted by Gasteiger charge is -2.25. The number of allylic oxidation sites excluding steroid dienone is 7. The van der Waals surface area contributed by atoms with Crippen molar-refractivity contribution in [3.8, 4) is 0 Å². The number of nitrogens with zero attached hydrogens (tertiary/aromatic N) is 1. The summed E-state index contributed by atoms with van der Waals surface area (Å²) in [5.41, 5.74) is 0. The Kier molecular flexibility index (Phi) is 48.3. The van der Waals surface area contributed by atoms with Gasteiger partial charge in [-0.1, -0.05) is 236 Å². The predicted octanol–water partition coefficient (Wildman–Crippen LogP) is 17.2. The predicted molar refractivity (Wildman–Crippen MR) is 291 cm³/mol. The summed E-state index contributed by atoms with van der Waals surface area (Å²) in [6.07, 6.45) is 65.1. The van der Waals surface area contributed by atoms with Gasteiger partial charge < -0.3 is 19.8 Å². The summed E-state index contributed by atoms with van der Waals surface area (Å²) in [7, 11) is 1.55. The molecule has 394 valence electrons. The second-order valence-corrected chi connectivity index (χ2v) is 22.1. The maximum atomic E-state index is 12.9. The molecule has 0 aromatic rings. The van der Waals surface area contributed by atoms with Crippen molar-refractivity contribution in [2.45, 2.75) is 276 Å². The summed E-state index contributed by atoms with van der Waals surface area (Å²) in [6.45, 7) is 4.80. The van der Waals surface area contributed by atoms with Crippen LogP contribution in [0.25, 0.3) is 0 Å². The number of quaternary nitrogens is 1. The van der Waals surface area contributed by atoms with Crippen LogP contribution >= 0.6 is 7.82 Å². The van der Waals surface area contributed by atoms with Crippen LogP contribution in [0.15, 0.2) is 48.6 Å². The first-order valence-corrected chi connectivity index (χ1v) is 30.0. The van der Waals surface area contributed by atoms with Crippen molar-refractivity contribution in [1.82, 2.24) is 5.32 Å². The first kappa shape index (κ1) is 65.5.